The fourth-order valence-electron chi connectivity index (χ4n) is 2.74. The predicted octanol–water partition coefficient (Wildman–Crippen LogP) is 4.39. The zero-order valence-corrected chi connectivity index (χ0v) is 16.2. The Morgan fingerprint density at radius 3 is 2.39 bits per heavy atom. The summed E-state index contributed by atoms with van der Waals surface area (Å²) in [5.41, 5.74) is 1.27. The maximum absolute atomic E-state index is 12.7. The van der Waals surface area contributed by atoms with E-state index in [2.05, 4.69) is 15.0 Å². The summed E-state index contributed by atoms with van der Waals surface area (Å²) >= 11 is 6.16. The zero-order chi connectivity index (χ0) is 19.6. The minimum atomic E-state index is -3.78. The van der Waals surface area contributed by atoms with E-state index in [1.54, 1.807) is 36.4 Å². The summed E-state index contributed by atoms with van der Waals surface area (Å²) in [6, 6.07) is 21.3. The predicted molar refractivity (Wildman–Crippen MR) is 109 cm³/mol. The summed E-state index contributed by atoms with van der Waals surface area (Å²) in [7, 11) is -3.78. The van der Waals surface area contributed by atoms with Crippen molar-refractivity contribution in [2.45, 2.75) is 11.4 Å². The maximum atomic E-state index is 12.7. The monoisotopic (exact) mass is 413 g/mol. The van der Waals surface area contributed by atoms with Crippen LogP contribution in [0.5, 0.6) is 11.5 Å². The molecule has 28 heavy (non-hydrogen) atoms. The number of nitrogens with one attached hydrogen (secondary N) is 2. The van der Waals surface area contributed by atoms with Crippen molar-refractivity contribution in [3.05, 3.63) is 83.4 Å². The highest BCUT2D eigenvalue weighted by atomic mass is 35.5. The van der Waals surface area contributed by atoms with Crippen LogP contribution < -0.4 is 14.8 Å². The van der Waals surface area contributed by atoms with Crippen molar-refractivity contribution in [2.24, 2.45) is 4.99 Å². The Hall–Kier alpha value is -3.03. The molecule has 0 spiro atoms. The van der Waals surface area contributed by atoms with Crippen molar-refractivity contribution < 1.29 is 13.2 Å². The van der Waals surface area contributed by atoms with E-state index in [0.717, 1.165) is 5.56 Å². The summed E-state index contributed by atoms with van der Waals surface area (Å²) in [5.74, 6) is 0.896. The number of hydrogen-bond donors (Lipinski definition) is 2. The third-order valence-corrected chi connectivity index (χ3v) is 5.76. The van der Waals surface area contributed by atoms with Crippen molar-refractivity contribution in [3.8, 4) is 11.5 Å². The third kappa shape index (κ3) is 3.81. The molecule has 142 valence electrons. The van der Waals surface area contributed by atoms with Crippen LogP contribution in [0.4, 0.5) is 5.69 Å². The molecule has 0 bridgehead atoms. The van der Waals surface area contributed by atoms with Gasteiger partial charge in [0, 0.05) is 0 Å². The van der Waals surface area contributed by atoms with Gasteiger partial charge in [0.25, 0.3) is 10.0 Å². The van der Waals surface area contributed by atoms with Crippen LogP contribution in [-0.2, 0) is 16.6 Å². The second-order valence-electron chi connectivity index (χ2n) is 6.04. The number of hydrogen-bond acceptors (Lipinski definition) is 4. The van der Waals surface area contributed by atoms with E-state index < -0.39 is 10.0 Å². The van der Waals surface area contributed by atoms with Gasteiger partial charge in [0.15, 0.2) is 5.75 Å². The summed E-state index contributed by atoms with van der Waals surface area (Å²) in [5, 5.41) is 3.45. The van der Waals surface area contributed by atoms with Gasteiger partial charge in [-0.05, 0) is 29.8 Å². The van der Waals surface area contributed by atoms with Crippen LogP contribution in [0.3, 0.4) is 0 Å². The van der Waals surface area contributed by atoms with E-state index in [-0.39, 0.29) is 10.9 Å². The fourth-order valence-corrected chi connectivity index (χ4v) is 4.07. The summed E-state index contributed by atoms with van der Waals surface area (Å²) in [6.45, 7) is 0.328. The van der Waals surface area contributed by atoms with E-state index >= 15 is 0 Å². The summed E-state index contributed by atoms with van der Waals surface area (Å²) in [6.07, 6.45) is 0. The lowest BCUT2D eigenvalue weighted by atomic mass is 10.2. The van der Waals surface area contributed by atoms with Gasteiger partial charge < -0.3 is 10.1 Å². The molecule has 3 aromatic carbocycles. The molecule has 0 amide bonds. The van der Waals surface area contributed by atoms with Crippen LogP contribution in [0.1, 0.15) is 5.56 Å². The SMILES string of the molecule is O=S1(=O)NC(=NCc2ccccc2)Nc2c(Oc3ccccc3Cl)cccc21. The van der Waals surface area contributed by atoms with Crippen molar-refractivity contribution in [2.75, 3.05) is 5.32 Å². The van der Waals surface area contributed by atoms with Crippen LogP contribution >= 0.6 is 11.6 Å². The van der Waals surface area contributed by atoms with E-state index in [4.69, 9.17) is 16.3 Å². The molecule has 0 fully saturated rings. The van der Waals surface area contributed by atoms with Crippen molar-refractivity contribution >= 4 is 33.3 Å². The summed E-state index contributed by atoms with van der Waals surface area (Å²) in [4.78, 5) is 4.43. The van der Waals surface area contributed by atoms with Crippen molar-refractivity contribution in [1.82, 2.24) is 4.72 Å². The molecule has 1 aliphatic heterocycles. The lowest BCUT2D eigenvalue weighted by Crippen LogP contribution is -2.40. The molecule has 1 heterocycles. The van der Waals surface area contributed by atoms with Gasteiger partial charge in [0.05, 0.1) is 11.6 Å². The number of halogens is 1. The number of rotatable bonds is 4. The second-order valence-corrected chi connectivity index (χ2v) is 8.10. The standard InChI is InChI=1S/C20H16ClN3O3S/c21-15-9-4-5-10-16(15)27-17-11-6-12-18-19(17)23-20(24-28(18,25)26)22-13-14-7-2-1-3-8-14/h1-12H,13H2,(H2,22,23,24). The first-order chi connectivity index (χ1) is 13.5. The van der Waals surface area contributed by atoms with Gasteiger partial charge in [-0.1, -0.05) is 60.1 Å². The molecule has 0 unspecified atom stereocenters. The van der Waals surface area contributed by atoms with Crippen LogP contribution in [0.15, 0.2) is 82.7 Å². The minimum absolute atomic E-state index is 0.0794. The molecule has 2 N–H and O–H groups in total. The first-order valence-electron chi connectivity index (χ1n) is 8.46. The minimum Gasteiger partial charge on any atom is -0.454 e. The highest BCUT2D eigenvalue weighted by Gasteiger charge is 2.29. The molecule has 0 saturated heterocycles. The Morgan fingerprint density at radius 2 is 1.61 bits per heavy atom. The van der Waals surface area contributed by atoms with Crippen molar-refractivity contribution in [1.29, 1.82) is 0 Å². The van der Waals surface area contributed by atoms with E-state index in [0.29, 0.717) is 28.8 Å². The molecule has 6 nitrogen and oxygen atoms in total. The van der Waals surface area contributed by atoms with Gasteiger partial charge in [-0.25, -0.2) is 18.1 Å². The number of fused-ring (bicyclic) bond motifs is 1. The van der Waals surface area contributed by atoms with Crippen LogP contribution in [0, 0.1) is 0 Å². The van der Waals surface area contributed by atoms with Gasteiger partial charge in [-0.15, -0.1) is 0 Å². The van der Waals surface area contributed by atoms with Gasteiger partial charge in [0.1, 0.15) is 16.3 Å². The first-order valence-corrected chi connectivity index (χ1v) is 10.3. The van der Waals surface area contributed by atoms with Gasteiger partial charge in [0.2, 0.25) is 5.96 Å². The molecule has 1 aliphatic rings. The first kappa shape index (κ1) is 18.3. The van der Waals surface area contributed by atoms with E-state index in [1.807, 2.05) is 30.3 Å². The molecule has 0 radical (unpaired) electrons. The highest BCUT2D eigenvalue weighted by molar-refractivity contribution is 7.90. The number of sulfonamides is 1. The number of nitrogens with zero attached hydrogens (tertiary/aromatic N) is 1. The average Bonchev–Trinajstić information content (AvgIpc) is 2.69. The topological polar surface area (TPSA) is 79.8 Å². The van der Waals surface area contributed by atoms with Crippen LogP contribution in [-0.4, -0.2) is 14.4 Å². The number of benzene rings is 3. The molecule has 0 atom stereocenters. The van der Waals surface area contributed by atoms with Gasteiger partial charge in [-0.2, -0.15) is 0 Å². The number of para-hydroxylation sites is 2. The van der Waals surface area contributed by atoms with Crippen molar-refractivity contribution in [3.63, 3.8) is 0 Å². The zero-order valence-electron chi connectivity index (χ0n) is 14.6. The van der Waals surface area contributed by atoms with Gasteiger partial charge >= 0.3 is 0 Å². The van der Waals surface area contributed by atoms with Crippen LogP contribution in [0.25, 0.3) is 0 Å². The molecule has 8 heteroatoms. The third-order valence-electron chi connectivity index (χ3n) is 4.07. The average molecular weight is 414 g/mol. The smallest absolute Gasteiger partial charge is 0.266 e. The second kappa shape index (κ2) is 7.53. The Morgan fingerprint density at radius 1 is 0.893 bits per heavy atom. The maximum Gasteiger partial charge on any atom is 0.266 e. The molecule has 0 aromatic heterocycles. The molecule has 0 aliphatic carbocycles. The molecular formula is C20H16ClN3O3S. The molecular weight excluding hydrogens is 398 g/mol. The Kier molecular flexibility index (Phi) is 4.93. The Bertz CT molecular complexity index is 1150. The lowest BCUT2D eigenvalue weighted by molar-refractivity contribution is 0.483. The van der Waals surface area contributed by atoms with E-state index in [1.165, 1.54) is 6.07 Å². The Balaban J connectivity index is 1.69. The largest absolute Gasteiger partial charge is 0.454 e. The molecule has 0 saturated carbocycles. The Labute approximate surface area is 167 Å². The number of anilines is 1. The summed E-state index contributed by atoms with van der Waals surface area (Å²) < 4.78 is 33.6. The van der Waals surface area contributed by atoms with Crippen LogP contribution in [0.2, 0.25) is 5.02 Å². The van der Waals surface area contributed by atoms with Gasteiger partial charge in [-0.3, -0.25) is 0 Å². The number of guanidine groups is 1. The fraction of sp³-hybridized carbons (Fsp3) is 0.0500. The number of ether oxygens (including phenoxy) is 1. The normalized spacial score (nSPS) is 16.0. The highest BCUT2D eigenvalue weighted by Crippen LogP contribution is 2.38. The lowest BCUT2D eigenvalue weighted by Gasteiger charge is -2.23. The molecule has 4 rings (SSSR count). The number of aliphatic imine (C=N–C) groups is 1. The van der Waals surface area contributed by atoms with E-state index in [9.17, 15) is 8.42 Å². The molecule has 3 aromatic rings. The quantitative estimate of drug-likeness (QED) is 0.664.